The fourth-order valence-corrected chi connectivity index (χ4v) is 1.89. The lowest BCUT2D eigenvalue weighted by molar-refractivity contribution is 0.465. The summed E-state index contributed by atoms with van der Waals surface area (Å²) in [6.45, 7) is 4.12. The minimum Gasteiger partial charge on any atom is -0.457 e. The Balaban J connectivity index is 2.32. The Labute approximate surface area is 108 Å². The van der Waals surface area contributed by atoms with Crippen LogP contribution in [0, 0.1) is 6.92 Å². The molecule has 0 fully saturated rings. The second-order valence-electron chi connectivity index (χ2n) is 4.42. The predicted octanol–water partition coefficient (Wildman–Crippen LogP) is 4.20. The van der Waals surface area contributed by atoms with Gasteiger partial charge in [-0.1, -0.05) is 43.3 Å². The Hall–Kier alpha value is -1.80. The molecule has 0 aliphatic heterocycles. The fraction of sp³-hybridized carbons (Fsp3) is 0.250. The van der Waals surface area contributed by atoms with Gasteiger partial charge in [0.1, 0.15) is 11.5 Å². The van der Waals surface area contributed by atoms with Crippen LogP contribution in [0.5, 0.6) is 11.5 Å². The number of ether oxygens (including phenoxy) is 1. The number of rotatable bonds is 4. The van der Waals surface area contributed by atoms with Crippen molar-refractivity contribution in [3.05, 3.63) is 59.7 Å². The first-order valence-electron chi connectivity index (χ1n) is 6.30. The molecule has 0 amide bonds. The molecule has 0 saturated heterocycles. The molecule has 2 heteroatoms. The number of benzene rings is 2. The van der Waals surface area contributed by atoms with Gasteiger partial charge in [0.05, 0.1) is 0 Å². The van der Waals surface area contributed by atoms with Crippen LogP contribution in [-0.4, -0.2) is 0 Å². The van der Waals surface area contributed by atoms with Gasteiger partial charge in [0.15, 0.2) is 0 Å². The van der Waals surface area contributed by atoms with Gasteiger partial charge in [0, 0.05) is 11.6 Å². The van der Waals surface area contributed by atoms with Crippen molar-refractivity contribution < 1.29 is 4.74 Å². The molecule has 0 heterocycles. The molecule has 0 saturated carbocycles. The van der Waals surface area contributed by atoms with Crippen molar-refractivity contribution in [2.24, 2.45) is 5.73 Å². The van der Waals surface area contributed by atoms with Gasteiger partial charge in [-0.3, -0.25) is 0 Å². The van der Waals surface area contributed by atoms with E-state index in [4.69, 9.17) is 10.5 Å². The standard InChI is InChI=1S/C16H19NO/c1-3-14(17)13-9-5-7-11-16(13)18-15-10-6-4-8-12(15)2/h4-11,14H,3,17H2,1-2H3/t14-/m0/s1. The van der Waals surface area contributed by atoms with Crippen LogP contribution in [0.3, 0.4) is 0 Å². The summed E-state index contributed by atoms with van der Waals surface area (Å²) in [6, 6.07) is 16.0. The summed E-state index contributed by atoms with van der Waals surface area (Å²) < 4.78 is 5.98. The van der Waals surface area contributed by atoms with E-state index in [1.807, 2.05) is 55.5 Å². The molecule has 0 aliphatic carbocycles. The van der Waals surface area contributed by atoms with E-state index in [1.54, 1.807) is 0 Å². The molecule has 18 heavy (non-hydrogen) atoms. The van der Waals surface area contributed by atoms with Crippen molar-refractivity contribution in [1.82, 2.24) is 0 Å². The lowest BCUT2D eigenvalue weighted by atomic mass is 10.0. The van der Waals surface area contributed by atoms with Crippen LogP contribution in [0.25, 0.3) is 0 Å². The van der Waals surface area contributed by atoms with Gasteiger partial charge < -0.3 is 10.5 Å². The molecule has 0 unspecified atom stereocenters. The number of hydrogen-bond donors (Lipinski definition) is 1. The van der Waals surface area contributed by atoms with Gasteiger partial charge in [-0.15, -0.1) is 0 Å². The second kappa shape index (κ2) is 5.69. The third kappa shape index (κ3) is 2.71. The first kappa shape index (κ1) is 12.7. The number of nitrogens with two attached hydrogens (primary N) is 1. The van der Waals surface area contributed by atoms with Crippen LogP contribution in [0.15, 0.2) is 48.5 Å². The molecular formula is C16H19NO. The highest BCUT2D eigenvalue weighted by molar-refractivity contribution is 5.42. The van der Waals surface area contributed by atoms with Crippen molar-refractivity contribution in [2.75, 3.05) is 0 Å². The minimum absolute atomic E-state index is 0.0187. The van der Waals surface area contributed by atoms with Crippen LogP contribution in [0.2, 0.25) is 0 Å². The van der Waals surface area contributed by atoms with E-state index in [9.17, 15) is 0 Å². The average molecular weight is 241 g/mol. The molecule has 0 aliphatic rings. The summed E-state index contributed by atoms with van der Waals surface area (Å²) >= 11 is 0. The Bertz CT molecular complexity index is 522. The van der Waals surface area contributed by atoms with Gasteiger partial charge in [-0.05, 0) is 31.0 Å². The first-order chi connectivity index (χ1) is 8.72. The smallest absolute Gasteiger partial charge is 0.132 e. The van der Waals surface area contributed by atoms with Crippen molar-refractivity contribution in [3.63, 3.8) is 0 Å². The van der Waals surface area contributed by atoms with Crippen LogP contribution in [-0.2, 0) is 0 Å². The molecule has 1 atom stereocenters. The summed E-state index contributed by atoms with van der Waals surface area (Å²) in [5, 5.41) is 0. The van der Waals surface area contributed by atoms with Crippen LogP contribution < -0.4 is 10.5 Å². The SMILES string of the molecule is CC[C@H](N)c1ccccc1Oc1ccccc1C. The van der Waals surface area contributed by atoms with Crippen LogP contribution in [0.4, 0.5) is 0 Å². The van der Waals surface area contributed by atoms with Gasteiger partial charge in [0.25, 0.3) is 0 Å². The van der Waals surface area contributed by atoms with E-state index in [-0.39, 0.29) is 6.04 Å². The van der Waals surface area contributed by atoms with E-state index in [1.165, 1.54) is 0 Å². The van der Waals surface area contributed by atoms with Crippen LogP contribution in [0.1, 0.15) is 30.5 Å². The van der Waals surface area contributed by atoms with Gasteiger partial charge in [-0.25, -0.2) is 0 Å². The summed E-state index contributed by atoms with van der Waals surface area (Å²) in [7, 11) is 0. The molecule has 0 spiro atoms. The molecule has 0 bridgehead atoms. The summed E-state index contributed by atoms with van der Waals surface area (Å²) in [5.41, 5.74) is 8.29. The predicted molar refractivity (Wildman–Crippen MR) is 74.9 cm³/mol. The second-order valence-corrected chi connectivity index (χ2v) is 4.42. The summed E-state index contributed by atoms with van der Waals surface area (Å²) in [5.74, 6) is 1.73. The van der Waals surface area contributed by atoms with E-state index < -0.39 is 0 Å². The van der Waals surface area contributed by atoms with Gasteiger partial charge in [-0.2, -0.15) is 0 Å². The topological polar surface area (TPSA) is 35.2 Å². The third-order valence-electron chi connectivity index (χ3n) is 3.07. The zero-order chi connectivity index (χ0) is 13.0. The molecule has 2 N–H and O–H groups in total. The Morgan fingerprint density at radius 3 is 2.28 bits per heavy atom. The van der Waals surface area contributed by atoms with E-state index in [0.717, 1.165) is 29.0 Å². The zero-order valence-corrected chi connectivity index (χ0v) is 10.9. The molecule has 2 aromatic rings. The maximum atomic E-state index is 6.11. The number of aryl methyl sites for hydroxylation is 1. The molecule has 2 aromatic carbocycles. The van der Waals surface area contributed by atoms with Gasteiger partial charge in [0.2, 0.25) is 0 Å². The van der Waals surface area contributed by atoms with Crippen molar-refractivity contribution >= 4 is 0 Å². The van der Waals surface area contributed by atoms with Crippen molar-refractivity contribution in [2.45, 2.75) is 26.3 Å². The van der Waals surface area contributed by atoms with E-state index >= 15 is 0 Å². The molecule has 2 nitrogen and oxygen atoms in total. The van der Waals surface area contributed by atoms with Crippen molar-refractivity contribution in [1.29, 1.82) is 0 Å². The van der Waals surface area contributed by atoms with Gasteiger partial charge >= 0.3 is 0 Å². The first-order valence-corrected chi connectivity index (χ1v) is 6.30. The maximum Gasteiger partial charge on any atom is 0.132 e. The fourth-order valence-electron chi connectivity index (χ4n) is 1.89. The Morgan fingerprint density at radius 1 is 1.00 bits per heavy atom. The highest BCUT2D eigenvalue weighted by atomic mass is 16.5. The highest BCUT2D eigenvalue weighted by Crippen LogP contribution is 2.31. The number of hydrogen-bond acceptors (Lipinski definition) is 2. The molecular weight excluding hydrogens is 222 g/mol. The third-order valence-corrected chi connectivity index (χ3v) is 3.07. The number of para-hydroxylation sites is 2. The lowest BCUT2D eigenvalue weighted by Crippen LogP contribution is -2.09. The zero-order valence-electron chi connectivity index (χ0n) is 10.9. The summed E-state index contributed by atoms with van der Waals surface area (Å²) in [4.78, 5) is 0. The van der Waals surface area contributed by atoms with Crippen molar-refractivity contribution in [3.8, 4) is 11.5 Å². The largest absolute Gasteiger partial charge is 0.457 e. The van der Waals surface area contributed by atoms with E-state index in [0.29, 0.717) is 0 Å². The minimum atomic E-state index is 0.0187. The highest BCUT2D eigenvalue weighted by Gasteiger charge is 2.11. The average Bonchev–Trinajstić information content (AvgIpc) is 2.41. The molecule has 0 aromatic heterocycles. The molecule has 94 valence electrons. The monoisotopic (exact) mass is 241 g/mol. The summed E-state index contributed by atoms with van der Waals surface area (Å²) in [6.07, 6.45) is 0.897. The Morgan fingerprint density at radius 2 is 1.61 bits per heavy atom. The van der Waals surface area contributed by atoms with Crippen LogP contribution >= 0.6 is 0 Å². The molecule has 0 radical (unpaired) electrons. The van der Waals surface area contributed by atoms with E-state index in [2.05, 4.69) is 6.92 Å². The quantitative estimate of drug-likeness (QED) is 0.870. The normalized spacial score (nSPS) is 12.2. The lowest BCUT2D eigenvalue weighted by Gasteiger charge is -2.16. The molecule has 2 rings (SSSR count). The Kier molecular flexibility index (Phi) is 4.00. The maximum absolute atomic E-state index is 6.11.